The molecule has 1 aliphatic heterocycles. The Bertz CT molecular complexity index is 1290. The molecular formula is C26H25N5O2. The summed E-state index contributed by atoms with van der Waals surface area (Å²) in [5, 5.41) is 6.24. The first kappa shape index (κ1) is 20.9. The molecule has 4 aromatic rings. The van der Waals surface area contributed by atoms with Crippen molar-refractivity contribution in [3.8, 4) is 5.69 Å². The van der Waals surface area contributed by atoms with Crippen LogP contribution in [0.3, 0.4) is 0 Å². The molecule has 0 spiro atoms. The number of anilines is 1. The maximum absolute atomic E-state index is 13.3. The second kappa shape index (κ2) is 8.50. The molecule has 5 rings (SSSR count). The van der Waals surface area contributed by atoms with E-state index in [0.717, 1.165) is 27.7 Å². The van der Waals surface area contributed by atoms with Crippen molar-refractivity contribution >= 4 is 28.3 Å². The molecule has 0 bridgehead atoms. The highest BCUT2D eigenvalue weighted by molar-refractivity contribution is 6.07. The van der Waals surface area contributed by atoms with Crippen LogP contribution in [0.1, 0.15) is 24.9 Å². The zero-order valence-electron chi connectivity index (χ0n) is 18.6. The third-order valence-electron chi connectivity index (χ3n) is 6.52. The van der Waals surface area contributed by atoms with Gasteiger partial charge in [0.2, 0.25) is 11.8 Å². The van der Waals surface area contributed by atoms with E-state index in [9.17, 15) is 9.59 Å². The SMILES string of the molecule is CC(c1ccc(-n2cncn2)cc1)N(C)C(=O)C1CC(=O)N(c2cccc3ccccc23)C1. The Morgan fingerprint density at radius 1 is 1.06 bits per heavy atom. The molecule has 7 nitrogen and oxygen atoms in total. The lowest BCUT2D eigenvalue weighted by molar-refractivity contribution is -0.136. The fourth-order valence-corrected chi connectivity index (χ4v) is 4.50. The van der Waals surface area contributed by atoms with E-state index in [2.05, 4.69) is 10.1 Å². The minimum Gasteiger partial charge on any atom is -0.339 e. The van der Waals surface area contributed by atoms with Gasteiger partial charge in [-0.05, 0) is 36.1 Å². The Morgan fingerprint density at radius 3 is 2.58 bits per heavy atom. The first-order valence-electron chi connectivity index (χ1n) is 11.0. The molecule has 33 heavy (non-hydrogen) atoms. The number of benzene rings is 3. The molecule has 0 N–H and O–H groups in total. The topological polar surface area (TPSA) is 71.3 Å². The molecule has 1 fully saturated rings. The molecule has 1 aromatic heterocycles. The highest BCUT2D eigenvalue weighted by atomic mass is 16.2. The highest BCUT2D eigenvalue weighted by Gasteiger charge is 2.38. The molecule has 2 amide bonds. The molecule has 0 radical (unpaired) electrons. The Kier molecular flexibility index (Phi) is 5.38. The molecule has 3 aromatic carbocycles. The van der Waals surface area contributed by atoms with Crippen LogP contribution in [0, 0.1) is 5.92 Å². The lowest BCUT2D eigenvalue weighted by atomic mass is 10.0. The first-order chi connectivity index (χ1) is 16.0. The average molecular weight is 440 g/mol. The van der Waals surface area contributed by atoms with Gasteiger partial charge in [-0.3, -0.25) is 9.59 Å². The lowest BCUT2D eigenvalue weighted by Crippen LogP contribution is -2.36. The van der Waals surface area contributed by atoms with Crippen LogP contribution >= 0.6 is 0 Å². The summed E-state index contributed by atoms with van der Waals surface area (Å²) in [6.45, 7) is 2.40. The van der Waals surface area contributed by atoms with Crippen molar-refractivity contribution in [3.05, 3.63) is 84.9 Å². The van der Waals surface area contributed by atoms with Crippen LogP contribution in [-0.4, -0.2) is 45.1 Å². The average Bonchev–Trinajstić information content (AvgIpc) is 3.53. The van der Waals surface area contributed by atoms with Gasteiger partial charge in [-0.25, -0.2) is 9.67 Å². The standard InChI is InChI=1S/C26H25N5O2/c1-18(19-10-12-22(13-11-19)31-17-27-16-28-31)29(2)26(33)21-14-25(32)30(15-21)24-9-5-7-20-6-3-4-8-23(20)24/h3-13,16-18,21H,14-15H2,1-2H3. The second-order valence-corrected chi connectivity index (χ2v) is 8.46. The summed E-state index contributed by atoms with van der Waals surface area (Å²) < 4.78 is 1.69. The Morgan fingerprint density at radius 2 is 1.82 bits per heavy atom. The van der Waals surface area contributed by atoms with Crippen LogP contribution in [0.4, 0.5) is 5.69 Å². The molecule has 2 heterocycles. The van der Waals surface area contributed by atoms with E-state index in [1.807, 2.05) is 80.7 Å². The van der Waals surface area contributed by atoms with Gasteiger partial charge in [-0.15, -0.1) is 0 Å². The zero-order chi connectivity index (χ0) is 22.9. The molecule has 166 valence electrons. The molecule has 0 aliphatic carbocycles. The number of aromatic nitrogens is 3. The second-order valence-electron chi connectivity index (χ2n) is 8.46. The molecule has 2 unspecified atom stereocenters. The van der Waals surface area contributed by atoms with E-state index in [0.29, 0.717) is 6.54 Å². The summed E-state index contributed by atoms with van der Waals surface area (Å²) >= 11 is 0. The third-order valence-corrected chi connectivity index (χ3v) is 6.52. The van der Waals surface area contributed by atoms with Gasteiger partial charge in [-0.2, -0.15) is 5.10 Å². The van der Waals surface area contributed by atoms with E-state index < -0.39 is 0 Å². The van der Waals surface area contributed by atoms with E-state index in [4.69, 9.17) is 0 Å². The van der Waals surface area contributed by atoms with Gasteiger partial charge in [-0.1, -0.05) is 48.5 Å². The lowest BCUT2D eigenvalue weighted by Gasteiger charge is -2.28. The molecule has 7 heteroatoms. The maximum Gasteiger partial charge on any atom is 0.228 e. The summed E-state index contributed by atoms with van der Waals surface area (Å²) in [5.41, 5.74) is 2.79. The number of nitrogens with zero attached hydrogens (tertiary/aromatic N) is 5. The van der Waals surface area contributed by atoms with E-state index in [1.165, 1.54) is 6.33 Å². The molecule has 2 atom stereocenters. The van der Waals surface area contributed by atoms with E-state index in [-0.39, 0.29) is 30.2 Å². The van der Waals surface area contributed by atoms with Crippen molar-refractivity contribution in [2.24, 2.45) is 5.92 Å². The van der Waals surface area contributed by atoms with Crippen molar-refractivity contribution in [2.75, 3.05) is 18.5 Å². The number of amides is 2. The number of carbonyl (C=O) groups excluding carboxylic acids is 2. The summed E-state index contributed by atoms with van der Waals surface area (Å²) in [5.74, 6) is -0.389. The van der Waals surface area contributed by atoms with Gasteiger partial charge in [0.05, 0.1) is 23.3 Å². The quantitative estimate of drug-likeness (QED) is 0.471. The predicted octanol–water partition coefficient (Wildman–Crippen LogP) is 3.99. The smallest absolute Gasteiger partial charge is 0.228 e. The summed E-state index contributed by atoms with van der Waals surface area (Å²) in [4.78, 5) is 33.7. The summed E-state index contributed by atoms with van der Waals surface area (Å²) in [6.07, 6.45) is 3.37. The number of fused-ring (bicyclic) bond motifs is 1. The van der Waals surface area contributed by atoms with E-state index >= 15 is 0 Å². The predicted molar refractivity (Wildman–Crippen MR) is 127 cm³/mol. The van der Waals surface area contributed by atoms with Crippen LogP contribution in [0.5, 0.6) is 0 Å². The molecular weight excluding hydrogens is 414 g/mol. The third kappa shape index (κ3) is 3.86. The van der Waals surface area contributed by atoms with Crippen molar-refractivity contribution in [1.82, 2.24) is 19.7 Å². The number of carbonyl (C=O) groups is 2. The Hall–Kier alpha value is -4.00. The summed E-state index contributed by atoms with van der Waals surface area (Å²) in [7, 11) is 1.81. The highest BCUT2D eigenvalue weighted by Crippen LogP contribution is 2.33. The Balaban J connectivity index is 1.31. The number of hydrogen-bond donors (Lipinski definition) is 0. The monoisotopic (exact) mass is 439 g/mol. The fourth-order valence-electron chi connectivity index (χ4n) is 4.50. The van der Waals surface area contributed by atoms with Crippen LogP contribution in [-0.2, 0) is 9.59 Å². The zero-order valence-corrected chi connectivity index (χ0v) is 18.6. The van der Waals surface area contributed by atoms with Crippen LogP contribution in [0.2, 0.25) is 0 Å². The minimum absolute atomic E-state index is 0.0112. The van der Waals surface area contributed by atoms with Crippen molar-refractivity contribution in [2.45, 2.75) is 19.4 Å². The van der Waals surface area contributed by atoms with Crippen molar-refractivity contribution in [1.29, 1.82) is 0 Å². The fraction of sp³-hybridized carbons (Fsp3) is 0.231. The van der Waals surface area contributed by atoms with Gasteiger partial charge in [0.15, 0.2) is 0 Å². The van der Waals surface area contributed by atoms with Gasteiger partial charge in [0.25, 0.3) is 0 Å². The molecule has 1 saturated heterocycles. The largest absolute Gasteiger partial charge is 0.339 e. The van der Waals surface area contributed by atoms with Crippen LogP contribution in [0.25, 0.3) is 16.5 Å². The van der Waals surface area contributed by atoms with Crippen LogP contribution < -0.4 is 4.90 Å². The summed E-state index contributed by atoms with van der Waals surface area (Å²) in [6, 6.07) is 21.7. The maximum atomic E-state index is 13.3. The van der Waals surface area contributed by atoms with E-state index in [1.54, 1.807) is 20.8 Å². The number of rotatable bonds is 5. The van der Waals surface area contributed by atoms with Crippen LogP contribution in [0.15, 0.2) is 79.4 Å². The Labute approximate surface area is 192 Å². The van der Waals surface area contributed by atoms with Gasteiger partial charge in [0, 0.05) is 25.4 Å². The minimum atomic E-state index is -0.363. The van der Waals surface area contributed by atoms with Gasteiger partial charge >= 0.3 is 0 Å². The number of hydrogen-bond acceptors (Lipinski definition) is 4. The normalized spacial score (nSPS) is 16.8. The van der Waals surface area contributed by atoms with Crippen molar-refractivity contribution < 1.29 is 9.59 Å². The van der Waals surface area contributed by atoms with Gasteiger partial charge < -0.3 is 9.80 Å². The first-order valence-corrected chi connectivity index (χ1v) is 11.0. The van der Waals surface area contributed by atoms with Gasteiger partial charge in [0.1, 0.15) is 12.7 Å². The van der Waals surface area contributed by atoms with Crippen molar-refractivity contribution in [3.63, 3.8) is 0 Å². The molecule has 0 saturated carbocycles. The molecule has 1 aliphatic rings.